The van der Waals surface area contributed by atoms with Crippen LogP contribution >= 0.6 is 0 Å². The van der Waals surface area contributed by atoms with Crippen LogP contribution in [-0.2, 0) is 0 Å². The molecule has 34 heavy (non-hydrogen) atoms. The van der Waals surface area contributed by atoms with Gasteiger partial charge in [-0.15, -0.1) is 0 Å². The van der Waals surface area contributed by atoms with Crippen molar-refractivity contribution in [3.8, 4) is 0 Å². The van der Waals surface area contributed by atoms with Crippen LogP contribution in [0, 0.1) is 0 Å². The minimum absolute atomic E-state index is 0.920. The summed E-state index contributed by atoms with van der Waals surface area (Å²) in [6, 6.07) is 11.6. The Kier molecular flexibility index (Phi) is 21.0. The summed E-state index contributed by atoms with van der Waals surface area (Å²) in [5, 5.41) is 0. The maximum absolute atomic E-state index is 2.76. The first kappa shape index (κ1) is 32.0. The Labute approximate surface area is 220 Å². The van der Waals surface area contributed by atoms with E-state index in [2.05, 4.69) is 54.1 Å². The van der Waals surface area contributed by atoms with Crippen molar-refractivity contribution in [3.63, 3.8) is 0 Å². The van der Waals surface area contributed by atoms with E-state index in [1.807, 2.05) is 0 Å². The van der Waals surface area contributed by atoms with Gasteiger partial charge in [-0.05, 0) is 0 Å². The van der Waals surface area contributed by atoms with E-state index in [1.165, 1.54) is 135 Å². The van der Waals surface area contributed by atoms with Crippen molar-refractivity contribution in [1.82, 2.24) is 0 Å². The number of hydrogen-bond donors (Lipinski definition) is 0. The second-order valence-corrected chi connectivity index (χ2v) is 26.6. The molecule has 0 amide bonds. The van der Waals surface area contributed by atoms with Gasteiger partial charge in [-0.3, -0.25) is 0 Å². The average molecular weight is 578 g/mol. The number of rotatable bonds is 24. The van der Waals surface area contributed by atoms with E-state index < -0.39 is 18.4 Å². The molecular weight excluding hydrogens is 515 g/mol. The normalized spacial score (nSPS) is 12.8. The van der Waals surface area contributed by atoms with E-state index in [4.69, 9.17) is 0 Å². The Hall–Kier alpha value is 0.0187. The van der Waals surface area contributed by atoms with Crippen LogP contribution < -0.4 is 0 Å². The predicted octanol–water partition coefficient (Wildman–Crippen LogP) is 12.2. The van der Waals surface area contributed by atoms with Gasteiger partial charge in [0.15, 0.2) is 0 Å². The van der Waals surface area contributed by atoms with Gasteiger partial charge in [0.25, 0.3) is 0 Å². The average Bonchev–Trinajstić information content (AvgIpc) is 2.84. The third-order valence-electron chi connectivity index (χ3n) is 8.17. The molecule has 0 bridgehead atoms. The molecule has 1 heteroatoms. The van der Waals surface area contributed by atoms with Crippen LogP contribution in [-0.4, -0.2) is 18.4 Å². The maximum atomic E-state index is 2.76. The molecule has 0 spiro atoms. The molecule has 0 heterocycles. The molecule has 1 aromatic rings. The second kappa shape index (κ2) is 22.2. The van der Waals surface area contributed by atoms with Crippen molar-refractivity contribution in [3.05, 3.63) is 35.9 Å². The van der Waals surface area contributed by atoms with E-state index in [9.17, 15) is 0 Å². The molecule has 198 valence electrons. The van der Waals surface area contributed by atoms with Gasteiger partial charge in [0.05, 0.1) is 0 Å². The molecule has 0 N–H and O–H groups in total. The van der Waals surface area contributed by atoms with E-state index in [0.29, 0.717) is 0 Å². The van der Waals surface area contributed by atoms with Crippen molar-refractivity contribution in [1.29, 1.82) is 0 Å². The van der Waals surface area contributed by atoms with Gasteiger partial charge in [-0.1, -0.05) is 6.92 Å². The molecule has 1 aromatic carbocycles. The van der Waals surface area contributed by atoms with Gasteiger partial charge in [0, 0.05) is 0 Å². The fourth-order valence-electron chi connectivity index (χ4n) is 5.77. The topological polar surface area (TPSA) is 0 Å². The molecule has 1 rings (SSSR count). The van der Waals surface area contributed by atoms with E-state index in [-0.39, 0.29) is 0 Å². The summed E-state index contributed by atoms with van der Waals surface area (Å²) in [7, 11) is 0. The van der Waals surface area contributed by atoms with Gasteiger partial charge in [-0.2, -0.15) is 0 Å². The van der Waals surface area contributed by atoms with Gasteiger partial charge >= 0.3 is 214 Å². The minimum atomic E-state index is -2.11. The van der Waals surface area contributed by atoms with Crippen LogP contribution in [0.2, 0.25) is 14.3 Å². The Balaban J connectivity index is 2.28. The molecule has 1 unspecified atom stereocenters. The third kappa shape index (κ3) is 16.6. The first-order valence-corrected chi connectivity index (χ1v) is 25.0. The molecule has 0 saturated heterocycles. The summed E-state index contributed by atoms with van der Waals surface area (Å²) in [4.78, 5) is 5.52. The van der Waals surface area contributed by atoms with Crippen molar-refractivity contribution in [2.75, 3.05) is 0 Å². The van der Waals surface area contributed by atoms with Crippen LogP contribution in [0.4, 0.5) is 0 Å². The monoisotopic (exact) mass is 578 g/mol. The van der Waals surface area contributed by atoms with Crippen molar-refractivity contribution >= 4 is 18.4 Å². The summed E-state index contributed by atoms with van der Waals surface area (Å²) in [5.41, 5.74) is 1.67. The van der Waals surface area contributed by atoms with Crippen LogP contribution in [0.3, 0.4) is 0 Å². The fourth-order valence-corrected chi connectivity index (χ4v) is 16.0. The van der Waals surface area contributed by atoms with Crippen molar-refractivity contribution in [2.45, 2.75) is 167 Å². The van der Waals surface area contributed by atoms with Crippen LogP contribution in [0.1, 0.15) is 158 Å². The van der Waals surface area contributed by atoms with Gasteiger partial charge < -0.3 is 0 Å². The first-order valence-electron chi connectivity index (χ1n) is 15.7. The number of unbranched alkanes of at least 4 members (excludes halogenated alkanes) is 18. The van der Waals surface area contributed by atoms with Gasteiger partial charge in [0.1, 0.15) is 0 Å². The number of benzene rings is 1. The molecule has 0 fully saturated rings. The van der Waals surface area contributed by atoms with Gasteiger partial charge in [0.2, 0.25) is 0 Å². The zero-order valence-corrected chi connectivity index (χ0v) is 26.9. The van der Waals surface area contributed by atoms with Gasteiger partial charge in [-0.25, -0.2) is 0 Å². The fraction of sp³-hybridized carbons (Fsp3) is 0.818. The molecule has 0 nitrogen and oxygen atoms in total. The number of hydrogen-bond acceptors (Lipinski definition) is 0. The summed E-state index contributed by atoms with van der Waals surface area (Å²) < 4.78 is 2.51. The molecular formula is C33H62Sn. The quantitative estimate of drug-likeness (QED) is 0.0847. The van der Waals surface area contributed by atoms with E-state index in [1.54, 1.807) is 10.0 Å². The standard InChI is InChI=1S/C19H31.C12H25.2CH3.Sn/c1-2-3-4-5-6-7-8-9-10-11-13-16-19-17-14-12-15-18-19;1-3-5-7-9-11-12-10-8-6-4-2;;;/h12,14-18H,2-11,13H2,1H3;1,3-12H2,2H3;2*1H3;. The van der Waals surface area contributed by atoms with Crippen LogP contribution in [0.5, 0.6) is 0 Å². The van der Waals surface area contributed by atoms with E-state index >= 15 is 0 Å². The Morgan fingerprint density at radius 1 is 0.500 bits per heavy atom. The van der Waals surface area contributed by atoms with E-state index in [0.717, 1.165) is 3.93 Å². The zero-order valence-electron chi connectivity index (χ0n) is 24.0. The van der Waals surface area contributed by atoms with Crippen LogP contribution in [0.15, 0.2) is 30.3 Å². The molecule has 0 saturated carbocycles. The summed E-state index contributed by atoms with van der Waals surface area (Å²) in [5.74, 6) is 0. The molecule has 1 atom stereocenters. The zero-order chi connectivity index (χ0) is 24.7. The van der Waals surface area contributed by atoms with Crippen molar-refractivity contribution < 1.29 is 0 Å². The Bertz CT molecular complexity index is 535. The predicted molar refractivity (Wildman–Crippen MR) is 160 cm³/mol. The second-order valence-electron chi connectivity index (χ2n) is 11.9. The Morgan fingerprint density at radius 3 is 1.32 bits per heavy atom. The molecule has 0 aromatic heterocycles. The van der Waals surface area contributed by atoms with Crippen LogP contribution in [0.25, 0.3) is 0 Å². The summed E-state index contributed by atoms with van der Waals surface area (Å²) in [6.07, 6.45) is 30.5. The third-order valence-corrected chi connectivity index (χ3v) is 20.0. The molecule has 0 aliphatic rings. The Morgan fingerprint density at radius 2 is 0.882 bits per heavy atom. The molecule has 0 aliphatic heterocycles. The molecule has 0 aliphatic carbocycles. The van der Waals surface area contributed by atoms with Crippen molar-refractivity contribution in [2.24, 2.45) is 0 Å². The summed E-state index contributed by atoms with van der Waals surface area (Å²) in [6.45, 7) is 4.62. The SMILES string of the molecule is CCCCCCCCCCCC[CH](c1ccccc1)[Sn]([CH3])([CH3])[CH2]CCCCCCCCCCC. The summed E-state index contributed by atoms with van der Waals surface area (Å²) >= 11 is -2.11. The molecule has 0 radical (unpaired) electrons. The first-order chi connectivity index (χ1) is 16.6.